The predicted octanol–water partition coefficient (Wildman–Crippen LogP) is 1.68. The number of benzene rings is 2. The molecule has 0 unspecified atom stereocenters. The van der Waals surface area contributed by atoms with Crippen LogP contribution in [0.2, 0.25) is 5.02 Å². The van der Waals surface area contributed by atoms with E-state index in [0.29, 0.717) is 5.02 Å². The van der Waals surface area contributed by atoms with E-state index in [2.05, 4.69) is 5.32 Å². The molecule has 0 aliphatic carbocycles. The number of para-hydroxylation sites is 1. The summed E-state index contributed by atoms with van der Waals surface area (Å²) in [5.41, 5.74) is 5.97. The molecule has 0 aliphatic rings. The molecule has 7 nitrogen and oxygen atoms in total. The summed E-state index contributed by atoms with van der Waals surface area (Å²) < 4.78 is 10.1. The number of nitrogens with two attached hydrogens (primary N) is 1. The van der Waals surface area contributed by atoms with Crippen molar-refractivity contribution in [3.8, 4) is 5.75 Å². The number of carbonyl (C=O) groups is 3. The van der Waals surface area contributed by atoms with Crippen LogP contribution in [-0.2, 0) is 20.9 Å². The summed E-state index contributed by atoms with van der Waals surface area (Å²) in [5, 5.41) is 3.23. The minimum absolute atomic E-state index is 0.0965. The highest BCUT2D eigenvalue weighted by atomic mass is 35.5. The number of amides is 2. The molecular formula is C18H17ClN2O5. The van der Waals surface area contributed by atoms with Gasteiger partial charge in [-0.05, 0) is 29.8 Å². The molecule has 2 aromatic rings. The van der Waals surface area contributed by atoms with Gasteiger partial charge in [0.05, 0.1) is 0 Å². The first kappa shape index (κ1) is 19.3. The van der Waals surface area contributed by atoms with Gasteiger partial charge in [-0.25, -0.2) is 4.79 Å². The summed E-state index contributed by atoms with van der Waals surface area (Å²) in [5.74, 6) is -1.72. The lowest BCUT2D eigenvalue weighted by Crippen LogP contribution is -2.28. The number of halogens is 1. The van der Waals surface area contributed by atoms with Crippen LogP contribution in [0.1, 0.15) is 15.9 Å². The average molecular weight is 377 g/mol. The van der Waals surface area contributed by atoms with Gasteiger partial charge in [0.1, 0.15) is 11.3 Å². The zero-order valence-corrected chi connectivity index (χ0v) is 14.5. The van der Waals surface area contributed by atoms with E-state index in [-0.39, 0.29) is 24.5 Å². The molecule has 2 rings (SSSR count). The van der Waals surface area contributed by atoms with Gasteiger partial charge in [-0.1, -0.05) is 35.9 Å². The summed E-state index contributed by atoms with van der Waals surface area (Å²) in [6.07, 6.45) is 0. The number of nitrogens with one attached hydrogen (secondary N) is 1. The maximum absolute atomic E-state index is 12.1. The number of esters is 1. The first-order valence-corrected chi connectivity index (χ1v) is 8.02. The average Bonchev–Trinajstić information content (AvgIpc) is 2.64. The summed E-state index contributed by atoms with van der Waals surface area (Å²) in [6, 6.07) is 13.2. The molecule has 2 amide bonds. The Kier molecular flexibility index (Phi) is 6.99. The van der Waals surface area contributed by atoms with Crippen LogP contribution >= 0.6 is 11.6 Å². The lowest BCUT2D eigenvalue weighted by atomic mass is 10.2. The highest BCUT2D eigenvalue weighted by Gasteiger charge is 2.15. The van der Waals surface area contributed by atoms with Crippen molar-refractivity contribution in [2.75, 3.05) is 13.2 Å². The largest absolute Gasteiger partial charge is 0.483 e. The third kappa shape index (κ3) is 6.10. The number of hydrogen-bond donors (Lipinski definition) is 2. The Balaban J connectivity index is 1.85. The first-order valence-electron chi connectivity index (χ1n) is 7.64. The minimum atomic E-state index is -0.744. The number of primary amides is 1. The number of ether oxygens (including phenoxy) is 2. The predicted molar refractivity (Wildman–Crippen MR) is 94.7 cm³/mol. The molecule has 3 N–H and O–H groups in total. The van der Waals surface area contributed by atoms with Crippen molar-refractivity contribution in [3.63, 3.8) is 0 Å². The topological polar surface area (TPSA) is 108 Å². The van der Waals surface area contributed by atoms with Crippen LogP contribution in [0.4, 0.5) is 0 Å². The standard InChI is InChI=1S/C18H17ClN2O5/c19-13-7-5-12(6-8-13)9-21-17(23)11-26-18(24)14-3-1-2-4-15(14)25-10-16(20)22/h1-8H,9-11H2,(H2,20,22)(H,21,23). The molecule has 0 spiro atoms. The van der Waals surface area contributed by atoms with Gasteiger partial charge in [0.15, 0.2) is 13.2 Å². The van der Waals surface area contributed by atoms with E-state index in [0.717, 1.165) is 5.56 Å². The van der Waals surface area contributed by atoms with E-state index < -0.39 is 24.4 Å². The Morgan fingerprint density at radius 2 is 1.69 bits per heavy atom. The van der Waals surface area contributed by atoms with E-state index in [4.69, 9.17) is 26.8 Å². The van der Waals surface area contributed by atoms with Gasteiger partial charge in [0.2, 0.25) is 0 Å². The molecule has 0 saturated carbocycles. The highest BCUT2D eigenvalue weighted by Crippen LogP contribution is 2.18. The van der Waals surface area contributed by atoms with Crippen molar-refractivity contribution in [1.29, 1.82) is 0 Å². The van der Waals surface area contributed by atoms with Gasteiger partial charge in [-0.15, -0.1) is 0 Å². The molecule has 0 saturated heterocycles. The van der Waals surface area contributed by atoms with Crippen molar-refractivity contribution in [1.82, 2.24) is 5.32 Å². The minimum Gasteiger partial charge on any atom is -0.483 e. The molecule has 2 aromatic carbocycles. The summed E-state index contributed by atoms with van der Waals surface area (Å²) >= 11 is 5.79. The van der Waals surface area contributed by atoms with Crippen molar-refractivity contribution < 1.29 is 23.9 Å². The van der Waals surface area contributed by atoms with Gasteiger partial charge < -0.3 is 20.5 Å². The second-order valence-corrected chi connectivity index (χ2v) is 5.67. The lowest BCUT2D eigenvalue weighted by Gasteiger charge is -2.10. The van der Waals surface area contributed by atoms with Gasteiger partial charge in [-0.3, -0.25) is 9.59 Å². The molecular weight excluding hydrogens is 360 g/mol. The molecule has 136 valence electrons. The Hall–Kier alpha value is -3.06. The van der Waals surface area contributed by atoms with Gasteiger partial charge in [0, 0.05) is 11.6 Å². The van der Waals surface area contributed by atoms with Gasteiger partial charge in [-0.2, -0.15) is 0 Å². The Morgan fingerprint density at radius 3 is 2.38 bits per heavy atom. The fourth-order valence-corrected chi connectivity index (χ4v) is 2.10. The Morgan fingerprint density at radius 1 is 1.00 bits per heavy atom. The van der Waals surface area contributed by atoms with Crippen molar-refractivity contribution in [3.05, 3.63) is 64.7 Å². The summed E-state index contributed by atoms with van der Waals surface area (Å²) in [6.45, 7) is -0.533. The molecule has 0 aromatic heterocycles. The van der Waals surface area contributed by atoms with Crippen LogP contribution < -0.4 is 15.8 Å². The fraction of sp³-hybridized carbons (Fsp3) is 0.167. The van der Waals surface area contributed by atoms with Gasteiger partial charge >= 0.3 is 5.97 Å². The fourth-order valence-electron chi connectivity index (χ4n) is 1.97. The molecule has 0 radical (unpaired) electrons. The van der Waals surface area contributed by atoms with E-state index in [1.54, 1.807) is 36.4 Å². The van der Waals surface area contributed by atoms with Crippen molar-refractivity contribution in [2.45, 2.75) is 6.54 Å². The molecule has 0 atom stereocenters. The second kappa shape index (κ2) is 9.43. The summed E-state index contributed by atoms with van der Waals surface area (Å²) in [4.78, 5) is 34.7. The number of hydrogen-bond acceptors (Lipinski definition) is 5. The molecule has 8 heteroatoms. The van der Waals surface area contributed by atoms with Crippen LogP contribution in [0.5, 0.6) is 5.75 Å². The SMILES string of the molecule is NC(=O)COc1ccccc1C(=O)OCC(=O)NCc1ccc(Cl)cc1. The van der Waals surface area contributed by atoms with Crippen LogP contribution in [0, 0.1) is 0 Å². The Labute approximate surface area is 155 Å². The second-order valence-electron chi connectivity index (χ2n) is 5.23. The van der Waals surface area contributed by atoms with Gasteiger partial charge in [0.25, 0.3) is 11.8 Å². The zero-order valence-electron chi connectivity index (χ0n) is 13.7. The molecule has 26 heavy (non-hydrogen) atoms. The van der Waals surface area contributed by atoms with Crippen LogP contribution in [-0.4, -0.2) is 31.0 Å². The van der Waals surface area contributed by atoms with E-state index in [1.807, 2.05) is 0 Å². The number of carbonyl (C=O) groups excluding carboxylic acids is 3. The van der Waals surface area contributed by atoms with Crippen LogP contribution in [0.15, 0.2) is 48.5 Å². The van der Waals surface area contributed by atoms with Crippen LogP contribution in [0.3, 0.4) is 0 Å². The van der Waals surface area contributed by atoms with Crippen LogP contribution in [0.25, 0.3) is 0 Å². The lowest BCUT2D eigenvalue weighted by molar-refractivity contribution is -0.124. The third-order valence-electron chi connectivity index (χ3n) is 3.21. The molecule has 0 heterocycles. The third-order valence-corrected chi connectivity index (χ3v) is 3.47. The van der Waals surface area contributed by atoms with E-state index >= 15 is 0 Å². The van der Waals surface area contributed by atoms with Crippen molar-refractivity contribution in [2.24, 2.45) is 5.73 Å². The normalized spacial score (nSPS) is 10.0. The quantitative estimate of drug-likeness (QED) is 0.681. The van der Waals surface area contributed by atoms with Crippen molar-refractivity contribution >= 4 is 29.4 Å². The Bertz CT molecular complexity index is 792. The molecule has 0 aliphatic heterocycles. The maximum Gasteiger partial charge on any atom is 0.342 e. The highest BCUT2D eigenvalue weighted by molar-refractivity contribution is 6.30. The zero-order chi connectivity index (χ0) is 18.9. The maximum atomic E-state index is 12.1. The smallest absolute Gasteiger partial charge is 0.342 e. The molecule has 0 bridgehead atoms. The molecule has 0 fully saturated rings. The van der Waals surface area contributed by atoms with E-state index in [1.165, 1.54) is 12.1 Å². The van der Waals surface area contributed by atoms with E-state index in [9.17, 15) is 14.4 Å². The first-order chi connectivity index (χ1) is 12.5. The summed E-state index contributed by atoms with van der Waals surface area (Å²) in [7, 11) is 0. The monoisotopic (exact) mass is 376 g/mol. The number of rotatable bonds is 8.